The van der Waals surface area contributed by atoms with E-state index in [4.69, 9.17) is 4.42 Å². The van der Waals surface area contributed by atoms with Crippen molar-refractivity contribution in [3.05, 3.63) is 24.2 Å². The Labute approximate surface area is 135 Å². The monoisotopic (exact) mass is 323 g/mol. The Hall–Kier alpha value is -2.31. The zero-order valence-corrected chi connectivity index (χ0v) is 13.8. The van der Waals surface area contributed by atoms with Gasteiger partial charge in [0.15, 0.2) is 5.76 Å². The lowest BCUT2D eigenvalue weighted by molar-refractivity contribution is -0.308. The minimum Gasteiger partial charge on any atom is -0.548 e. The molecule has 2 amide bonds. The van der Waals surface area contributed by atoms with Crippen LogP contribution in [0.2, 0.25) is 0 Å². The summed E-state index contributed by atoms with van der Waals surface area (Å²) in [6.07, 6.45) is 1.61. The van der Waals surface area contributed by atoms with Gasteiger partial charge in [-0.05, 0) is 30.4 Å². The molecule has 7 nitrogen and oxygen atoms in total. The standard InChI is InChI=1S/C16H24N2O5/c1-9(2)8-11(16(21)22)17-15(20)13(10(3)4)18-14(19)12-6-5-7-23-12/h5-7,9-11,13H,8H2,1-4H3,(H,17,20)(H,18,19)(H,21,22)/p-1/t11-,13+/m1/s1. The molecule has 2 atom stereocenters. The van der Waals surface area contributed by atoms with Gasteiger partial charge in [-0.25, -0.2) is 0 Å². The van der Waals surface area contributed by atoms with Gasteiger partial charge in [-0.1, -0.05) is 27.7 Å². The number of carbonyl (C=O) groups is 3. The van der Waals surface area contributed by atoms with Gasteiger partial charge in [0.25, 0.3) is 5.91 Å². The summed E-state index contributed by atoms with van der Waals surface area (Å²) in [5, 5.41) is 16.1. The smallest absolute Gasteiger partial charge is 0.287 e. The van der Waals surface area contributed by atoms with E-state index < -0.39 is 29.9 Å². The van der Waals surface area contributed by atoms with Gasteiger partial charge < -0.3 is 25.0 Å². The first-order valence-corrected chi connectivity index (χ1v) is 7.58. The van der Waals surface area contributed by atoms with E-state index in [1.165, 1.54) is 12.3 Å². The van der Waals surface area contributed by atoms with Crippen LogP contribution in [0.25, 0.3) is 0 Å². The molecule has 0 aromatic carbocycles. The molecule has 0 spiro atoms. The minimum atomic E-state index is -1.34. The Bertz CT molecular complexity index is 537. The molecule has 1 aromatic heterocycles. The quantitative estimate of drug-likeness (QED) is 0.715. The maximum Gasteiger partial charge on any atom is 0.287 e. The maximum absolute atomic E-state index is 12.3. The number of carboxylic acid groups (broad SMARTS) is 1. The lowest BCUT2D eigenvalue weighted by Crippen LogP contribution is -2.56. The molecule has 0 radical (unpaired) electrons. The van der Waals surface area contributed by atoms with Crippen LogP contribution in [0.5, 0.6) is 0 Å². The lowest BCUT2D eigenvalue weighted by Gasteiger charge is -2.26. The SMILES string of the molecule is CC(C)C[C@@H](NC(=O)[C@@H](NC(=O)c1ccco1)C(C)C)C(=O)[O-]. The van der Waals surface area contributed by atoms with Crippen LogP contribution >= 0.6 is 0 Å². The second-order valence-corrected chi connectivity index (χ2v) is 6.18. The fraction of sp³-hybridized carbons (Fsp3) is 0.562. The van der Waals surface area contributed by atoms with Crippen LogP contribution in [0.3, 0.4) is 0 Å². The average Bonchev–Trinajstić information content (AvgIpc) is 2.96. The average molecular weight is 323 g/mol. The van der Waals surface area contributed by atoms with E-state index in [0.29, 0.717) is 0 Å². The fourth-order valence-corrected chi connectivity index (χ4v) is 2.10. The summed E-state index contributed by atoms with van der Waals surface area (Å²) in [4.78, 5) is 35.5. The first-order valence-electron chi connectivity index (χ1n) is 7.58. The van der Waals surface area contributed by atoms with E-state index in [1.807, 2.05) is 13.8 Å². The normalized spacial score (nSPS) is 13.7. The molecule has 2 N–H and O–H groups in total. The third-order valence-corrected chi connectivity index (χ3v) is 3.29. The molecule has 0 aliphatic carbocycles. The van der Waals surface area contributed by atoms with Crippen molar-refractivity contribution >= 4 is 17.8 Å². The molecule has 1 heterocycles. The molecular weight excluding hydrogens is 300 g/mol. The number of aliphatic carboxylic acids is 1. The highest BCUT2D eigenvalue weighted by Gasteiger charge is 2.27. The highest BCUT2D eigenvalue weighted by atomic mass is 16.4. The van der Waals surface area contributed by atoms with E-state index in [-0.39, 0.29) is 24.0 Å². The van der Waals surface area contributed by atoms with Crippen LogP contribution in [0, 0.1) is 11.8 Å². The second kappa shape index (κ2) is 8.36. The highest BCUT2D eigenvalue weighted by molar-refractivity contribution is 5.96. The topological polar surface area (TPSA) is 111 Å². The van der Waals surface area contributed by atoms with E-state index in [0.717, 1.165) is 0 Å². The van der Waals surface area contributed by atoms with Crippen LogP contribution in [-0.4, -0.2) is 29.9 Å². The number of carbonyl (C=O) groups excluding carboxylic acids is 3. The summed E-state index contributed by atoms with van der Waals surface area (Å²) in [5.74, 6) is -2.50. The predicted octanol–water partition coefficient (Wildman–Crippen LogP) is 0.315. The molecule has 23 heavy (non-hydrogen) atoms. The van der Waals surface area contributed by atoms with Crippen molar-refractivity contribution in [3.8, 4) is 0 Å². The number of amides is 2. The van der Waals surface area contributed by atoms with Crippen molar-refractivity contribution in [2.45, 2.75) is 46.2 Å². The Morgan fingerprint density at radius 1 is 1.17 bits per heavy atom. The molecule has 0 bridgehead atoms. The van der Waals surface area contributed by atoms with Crippen molar-refractivity contribution in [2.24, 2.45) is 11.8 Å². The van der Waals surface area contributed by atoms with Crippen molar-refractivity contribution in [2.75, 3.05) is 0 Å². The molecule has 0 aliphatic heterocycles. The zero-order valence-electron chi connectivity index (χ0n) is 13.8. The van der Waals surface area contributed by atoms with E-state index in [9.17, 15) is 19.5 Å². The Balaban J connectivity index is 2.77. The summed E-state index contributed by atoms with van der Waals surface area (Å²) in [6.45, 7) is 7.20. The van der Waals surface area contributed by atoms with Crippen LogP contribution < -0.4 is 15.7 Å². The van der Waals surface area contributed by atoms with Crippen molar-refractivity contribution in [1.82, 2.24) is 10.6 Å². The summed E-state index contributed by atoms with van der Waals surface area (Å²) in [7, 11) is 0. The minimum absolute atomic E-state index is 0.0772. The number of hydrogen-bond acceptors (Lipinski definition) is 5. The van der Waals surface area contributed by atoms with E-state index >= 15 is 0 Å². The maximum atomic E-state index is 12.3. The van der Waals surface area contributed by atoms with Crippen molar-refractivity contribution in [1.29, 1.82) is 0 Å². The van der Waals surface area contributed by atoms with Crippen LogP contribution in [0.15, 0.2) is 22.8 Å². The largest absolute Gasteiger partial charge is 0.548 e. The number of hydrogen-bond donors (Lipinski definition) is 2. The molecule has 0 aliphatic rings. The molecule has 0 saturated heterocycles. The zero-order chi connectivity index (χ0) is 17.6. The van der Waals surface area contributed by atoms with Gasteiger partial charge in [-0.15, -0.1) is 0 Å². The lowest BCUT2D eigenvalue weighted by atomic mass is 10.0. The van der Waals surface area contributed by atoms with Crippen LogP contribution in [-0.2, 0) is 9.59 Å². The summed E-state index contributed by atoms with van der Waals surface area (Å²) in [5.41, 5.74) is 0. The molecule has 1 aromatic rings. The van der Waals surface area contributed by atoms with Gasteiger partial charge in [0.05, 0.1) is 18.3 Å². The van der Waals surface area contributed by atoms with Crippen molar-refractivity contribution in [3.63, 3.8) is 0 Å². The van der Waals surface area contributed by atoms with Gasteiger partial charge in [-0.2, -0.15) is 0 Å². The van der Waals surface area contributed by atoms with Crippen LogP contribution in [0.4, 0.5) is 0 Å². The molecule has 7 heteroatoms. The molecule has 0 fully saturated rings. The summed E-state index contributed by atoms with van der Waals surface area (Å²) >= 11 is 0. The number of rotatable bonds is 8. The van der Waals surface area contributed by atoms with E-state index in [1.54, 1.807) is 19.9 Å². The highest BCUT2D eigenvalue weighted by Crippen LogP contribution is 2.08. The van der Waals surface area contributed by atoms with Crippen molar-refractivity contribution < 1.29 is 23.9 Å². The Kier molecular flexibility index (Phi) is 6.81. The van der Waals surface area contributed by atoms with Crippen LogP contribution in [0.1, 0.15) is 44.7 Å². The molecule has 0 unspecified atom stereocenters. The van der Waals surface area contributed by atoms with Gasteiger partial charge in [0, 0.05) is 0 Å². The summed E-state index contributed by atoms with van der Waals surface area (Å²) in [6, 6.07) is 1.08. The third-order valence-electron chi connectivity index (χ3n) is 3.29. The summed E-state index contributed by atoms with van der Waals surface area (Å²) < 4.78 is 4.98. The van der Waals surface area contributed by atoms with Gasteiger partial charge in [0.2, 0.25) is 5.91 Å². The number of furan rings is 1. The molecule has 0 saturated carbocycles. The third kappa shape index (κ3) is 5.77. The van der Waals surface area contributed by atoms with Gasteiger partial charge in [0.1, 0.15) is 6.04 Å². The number of carboxylic acids is 1. The first-order chi connectivity index (χ1) is 10.7. The Morgan fingerprint density at radius 3 is 2.26 bits per heavy atom. The van der Waals surface area contributed by atoms with E-state index in [2.05, 4.69) is 10.6 Å². The molecule has 1 rings (SSSR count). The Morgan fingerprint density at radius 2 is 1.83 bits per heavy atom. The van der Waals surface area contributed by atoms with Gasteiger partial charge in [-0.3, -0.25) is 9.59 Å². The predicted molar refractivity (Wildman–Crippen MR) is 81.2 cm³/mol. The second-order valence-electron chi connectivity index (χ2n) is 6.18. The fourth-order valence-electron chi connectivity index (χ4n) is 2.10. The van der Waals surface area contributed by atoms with Gasteiger partial charge >= 0.3 is 0 Å². The first kappa shape index (κ1) is 18.7. The molecule has 128 valence electrons. The number of nitrogens with one attached hydrogen (secondary N) is 2. The molecular formula is C16H23N2O5-.